The van der Waals surface area contributed by atoms with Crippen LogP contribution >= 0.6 is 0 Å². The Balaban J connectivity index is 2.56. The average molecular weight is 228 g/mol. The average Bonchev–Trinajstić information content (AvgIpc) is 2.39. The third kappa shape index (κ3) is 2.25. The maximum atomic E-state index is 10.9. The lowest BCUT2D eigenvalue weighted by Crippen LogP contribution is -1.92. The second-order valence-corrected chi connectivity index (χ2v) is 3.43. The summed E-state index contributed by atoms with van der Waals surface area (Å²) in [7, 11) is 1.56. The number of rotatable bonds is 3. The van der Waals surface area contributed by atoms with Crippen LogP contribution in [0.1, 0.15) is 0 Å². The minimum atomic E-state index is -0.411. The van der Waals surface area contributed by atoms with Crippen molar-refractivity contribution in [1.82, 2.24) is 0 Å². The van der Waals surface area contributed by atoms with E-state index in [-0.39, 0.29) is 5.69 Å². The molecule has 0 N–H and O–H groups in total. The zero-order chi connectivity index (χ0) is 12.3. The molecule has 4 heteroatoms. The van der Waals surface area contributed by atoms with E-state index in [4.69, 9.17) is 4.74 Å². The molecule has 0 aliphatic carbocycles. The molecule has 0 bridgehead atoms. The zero-order valence-corrected chi connectivity index (χ0v) is 9.21. The third-order valence-corrected chi connectivity index (χ3v) is 2.42. The van der Waals surface area contributed by atoms with Crippen molar-refractivity contribution in [2.75, 3.05) is 7.11 Å². The van der Waals surface area contributed by atoms with Crippen LogP contribution in [0.3, 0.4) is 0 Å². The molecular formula is C13H10NO3. The van der Waals surface area contributed by atoms with E-state index in [0.29, 0.717) is 11.3 Å². The predicted octanol–water partition coefficient (Wildman–Crippen LogP) is 3.07. The Labute approximate surface area is 98.6 Å². The zero-order valence-electron chi connectivity index (χ0n) is 9.21. The standard InChI is InChI=1S/C13H10NO3/c1-17-11-6-4-5-10(9-11)12-7-2-3-8-13(12)14(15)16/h2,4-9H,1H3. The Morgan fingerprint density at radius 2 is 2.18 bits per heavy atom. The highest BCUT2D eigenvalue weighted by Crippen LogP contribution is 2.31. The maximum absolute atomic E-state index is 10.9. The molecule has 17 heavy (non-hydrogen) atoms. The van der Waals surface area contributed by atoms with E-state index >= 15 is 0 Å². The number of hydrogen-bond acceptors (Lipinski definition) is 3. The Morgan fingerprint density at radius 3 is 2.88 bits per heavy atom. The van der Waals surface area contributed by atoms with E-state index in [0.717, 1.165) is 5.56 Å². The molecule has 0 aliphatic heterocycles. The third-order valence-electron chi connectivity index (χ3n) is 2.42. The van der Waals surface area contributed by atoms with Gasteiger partial charge in [-0.3, -0.25) is 10.1 Å². The molecule has 0 heterocycles. The SMILES string of the molecule is COc1cccc(-c2cc[c]cc2[N+](=O)[O-])c1. The van der Waals surface area contributed by atoms with Gasteiger partial charge in [-0.05, 0) is 29.8 Å². The fraction of sp³-hybridized carbons (Fsp3) is 0.0769. The lowest BCUT2D eigenvalue weighted by molar-refractivity contribution is -0.384. The summed E-state index contributed by atoms with van der Waals surface area (Å²) in [6.07, 6.45) is 0. The minimum Gasteiger partial charge on any atom is -0.497 e. The van der Waals surface area contributed by atoms with Crippen LogP contribution in [0.25, 0.3) is 11.1 Å². The van der Waals surface area contributed by atoms with Crippen molar-refractivity contribution in [3.8, 4) is 16.9 Å². The van der Waals surface area contributed by atoms with Crippen LogP contribution in [0.2, 0.25) is 0 Å². The maximum Gasteiger partial charge on any atom is 0.277 e. The minimum absolute atomic E-state index is 0.0424. The number of nitro benzene ring substituents is 1. The summed E-state index contributed by atoms with van der Waals surface area (Å²) in [6.45, 7) is 0. The molecule has 0 unspecified atom stereocenters. The topological polar surface area (TPSA) is 52.4 Å². The molecular weight excluding hydrogens is 218 g/mol. The summed E-state index contributed by atoms with van der Waals surface area (Å²) in [5.74, 6) is 0.671. The second-order valence-electron chi connectivity index (χ2n) is 3.43. The van der Waals surface area contributed by atoms with Gasteiger partial charge in [0.15, 0.2) is 0 Å². The molecule has 0 aromatic heterocycles. The van der Waals surface area contributed by atoms with Gasteiger partial charge in [0.05, 0.1) is 17.6 Å². The van der Waals surface area contributed by atoms with Gasteiger partial charge in [0.1, 0.15) is 5.75 Å². The van der Waals surface area contributed by atoms with Crippen LogP contribution in [0.4, 0.5) is 5.69 Å². The number of nitrogens with zero attached hydrogens (tertiary/aromatic N) is 1. The van der Waals surface area contributed by atoms with E-state index in [9.17, 15) is 10.1 Å². The van der Waals surface area contributed by atoms with Gasteiger partial charge >= 0.3 is 0 Å². The predicted molar refractivity (Wildman–Crippen MR) is 63.9 cm³/mol. The van der Waals surface area contributed by atoms with Crippen molar-refractivity contribution in [3.05, 3.63) is 58.6 Å². The fourth-order valence-electron chi connectivity index (χ4n) is 1.61. The summed E-state index contributed by atoms with van der Waals surface area (Å²) in [5.41, 5.74) is 1.36. The van der Waals surface area contributed by atoms with Crippen LogP contribution in [-0.4, -0.2) is 12.0 Å². The van der Waals surface area contributed by atoms with Crippen LogP contribution < -0.4 is 4.74 Å². The molecule has 0 aliphatic rings. The summed E-state index contributed by atoms with van der Waals surface area (Å²) in [5, 5.41) is 10.9. The molecule has 0 saturated carbocycles. The smallest absolute Gasteiger partial charge is 0.277 e. The van der Waals surface area contributed by atoms with Gasteiger partial charge in [0, 0.05) is 6.07 Å². The van der Waals surface area contributed by atoms with Gasteiger partial charge in [-0.2, -0.15) is 0 Å². The molecule has 4 nitrogen and oxygen atoms in total. The number of nitro groups is 1. The molecule has 0 saturated heterocycles. The van der Waals surface area contributed by atoms with Crippen LogP contribution in [0.5, 0.6) is 5.75 Å². The first kappa shape index (κ1) is 11.1. The molecule has 2 rings (SSSR count). The Hall–Kier alpha value is -2.36. The van der Waals surface area contributed by atoms with E-state index < -0.39 is 4.92 Å². The van der Waals surface area contributed by atoms with Crippen molar-refractivity contribution in [2.24, 2.45) is 0 Å². The monoisotopic (exact) mass is 228 g/mol. The highest BCUT2D eigenvalue weighted by molar-refractivity contribution is 5.74. The van der Waals surface area contributed by atoms with Crippen molar-refractivity contribution < 1.29 is 9.66 Å². The van der Waals surface area contributed by atoms with Crippen LogP contribution in [0.15, 0.2) is 42.5 Å². The van der Waals surface area contributed by atoms with E-state index in [2.05, 4.69) is 6.07 Å². The van der Waals surface area contributed by atoms with Gasteiger partial charge in [-0.1, -0.05) is 18.2 Å². The van der Waals surface area contributed by atoms with Gasteiger partial charge in [-0.25, -0.2) is 0 Å². The summed E-state index contributed by atoms with van der Waals surface area (Å²) in [6, 6.07) is 14.6. The fourth-order valence-corrected chi connectivity index (χ4v) is 1.61. The van der Waals surface area contributed by atoms with Crippen molar-refractivity contribution in [1.29, 1.82) is 0 Å². The van der Waals surface area contributed by atoms with Gasteiger partial charge in [-0.15, -0.1) is 0 Å². The second kappa shape index (κ2) is 4.65. The largest absolute Gasteiger partial charge is 0.497 e. The molecule has 2 aromatic rings. The first-order valence-corrected chi connectivity index (χ1v) is 5.01. The quantitative estimate of drug-likeness (QED) is 0.599. The lowest BCUT2D eigenvalue weighted by Gasteiger charge is -2.05. The molecule has 0 fully saturated rings. The van der Waals surface area contributed by atoms with E-state index in [1.165, 1.54) is 6.07 Å². The van der Waals surface area contributed by atoms with Crippen LogP contribution in [-0.2, 0) is 0 Å². The summed E-state index contributed by atoms with van der Waals surface area (Å²) in [4.78, 5) is 10.5. The highest BCUT2D eigenvalue weighted by Gasteiger charge is 2.14. The molecule has 2 aromatic carbocycles. The molecule has 85 valence electrons. The molecule has 1 radical (unpaired) electrons. The number of hydrogen-bond donors (Lipinski definition) is 0. The molecule has 0 spiro atoms. The van der Waals surface area contributed by atoms with Gasteiger partial charge in [0.2, 0.25) is 0 Å². The Bertz CT molecular complexity index is 552. The normalized spacial score (nSPS) is 9.94. The highest BCUT2D eigenvalue weighted by atomic mass is 16.6. The first-order chi connectivity index (χ1) is 8.22. The van der Waals surface area contributed by atoms with Crippen molar-refractivity contribution in [2.45, 2.75) is 0 Å². The van der Waals surface area contributed by atoms with E-state index in [1.54, 1.807) is 37.4 Å². The van der Waals surface area contributed by atoms with Crippen LogP contribution in [0, 0.1) is 16.2 Å². The Morgan fingerprint density at radius 1 is 1.35 bits per heavy atom. The molecule has 0 atom stereocenters. The van der Waals surface area contributed by atoms with Crippen molar-refractivity contribution >= 4 is 5.69 Å². The number of ether oxygens (including phenoxy) is 1. The summed E-state index contributed by atoms with van der Waals surface area (Å²) >= 11 is 0. The number of benzene rings is 2. The number of methoxy groups -OCH3 is 1. The van der Waals surface area contributed by atoms with Crippen molar-refractivity contribution in [3.63, 3.8) is 0 Å². The van der Waals surface area contributed by atoms with E-state index in [1.807, 2.05) is 6.07 Å². The van der Waals surface area contributed by atoms with Gasteiger partial charge in [0.25, 0.3) is 5.69 Å². The first-order valence-electron chi connectivity index (χ1n) is 5.01. The molecule has 0 amide bonds. The Kier molecular flexibility index (Phi) is 3.05. The van der Waals surface area contributed by atoms with Gasteiger partial charge < -0.3 is 4.74 Å². The summed E-state index contributed by atoms with van der Waals surface area (Å²) < 4.78 is 5.10. The lowest BCUT2D eigenvalue weighted by atomic mass is 10.0.